The smallest absolute Gasteiger partial charge is 0.274 e. The highest BCUT2D eigenvalue weighted by atomic mass is 16.3. The molecule has 1 unspecified atom stereocenters. The molecule has 3 aliphatic heterocycles. The molecule has 3 aromatic heterocycles. The number of pyridine rings is 1. The lowest BCUT2D eigenvalue weighted by Gasteiger charge is -2.45. The predicted octanol–water partition coefficient (Wildman–Crippen LogP) is 2.59. The highest BCUT2D eigenvalue weighted by Gasteiger charge is 2.34. The van der Waals surface area contributed by atoms with Crippen LogP contribution >= 0.6 is 0 Å². The lowest BCUT2D eigenvalue weighted by Crippen LogP contribution is -2.77. The molecule has 1 atom stereocenters. The molecule has 15 nitrogen and oxygen atoms in total. The third kappa shape index (κ3) is 8.77. The molecule has 0 radical (unpaired) electrons. The molecule has 1 aromatic carbocycles. The van der Waals surface area contributed by atoms with Crippen molar-refractivity contribution in [2.45, 2.75) is 102 Å². The van der Waals surface area contributed by atoms with Crippen molar-refractivity contribution in [3.05, 3.63) is 82.4 Å². The maximum atomic E-state index is 13.5. The van der Waals surface area contributed by atoms with Gasteiger partial charge < -0.3 is 21.1 Å². The van der Waals surface area contributed by atoms with Gasteiger partial charge in [-0.3, -0.25) is 34.5 Å². The summed E-state index contributed by atoms with van der Waals surface area (Å²) >= 11 is 0. The largest absolute Gasteiger partial charge is 0.398 e. The van der Waals surface area contributed by atoms with Gasteiger partial charge in [0.15, 0.2) is 12.3 Å². The number of piperidine rings is 2. The first-order chi connectivity index (χ1) is 28.8. The number of imide groups is 1. The molecule has 4 aliphatic rings. The van der Waals surface area contributed by atoms with Crippen LogP contribution in [0.2, 0.25) is 0 Å². The first kappa shape index (κ1) is 41.1. The molecular weight excluding hydrogens is 759 g/mol. The zero-order valence-corrected chi connectivity index (χ0v) is 34.8. The Hall–Kier alpha value is -5.69. The first-order valence-corrected chi connectivity index (χ1v) is 21.3. The number of hydrogen-bond acceptors (Lipinski definition) is 11. The van der Waals surface area contributed by atoms with Gasteiger partial charge in [0.25, 0.3) is 5.91 Å². The minimum absolute atomic E-state index is 0.207. The molecule has 6 heterocycles. The Morgan fingerprint density at radius 3 is 2.32 bits per heavy atom. The molecule has 3 saturated heterocycles. The summed E-state index contributed by atoms with van der Waals surface area (Å²) in [4.78, 5) is 53.6. The summed E-state index contributed by atoms with van der Waals surface area (Å²) in [6.07, 6.45) is 12.7. The molecule has 3 amide bonds. The fourth-order valence-electron chi connectivity index (χ4n) is 9.61. The van der Waals surface area contributed by atoms with Gasteiger partial charge in [-0.15, -0.1) is 0 Å². The summed E-state index contributed by atoms with van der Waals surface area (Å²) in [5, 5.41) is 29.9. The van der Waals surface area contributed by atoms with E-state index in [2.05, 4.69) is 53.4 Å². The van der Waals surface area contributed by atoms with Gasteiger partial charge in [0.05, 0.1) is 51.9 Å². The monoisotopic (exact) mass is 814 g/mol. The molecule has 4 fully saturated rings. The number of piperazine rings is 1. The number of nitrogen functional groups attached to an aromatic ring is 1. The summed E-state index contributed by atoms with van der Waals surface area (Å²) in [5.41, 5.74) is 11.8. The molecular formula is C45H56N11O4+. The molecule has 60 heavy (non-hydrogen) atoms. The summed E-state index contributed by atoms with van der Waals surface area (Å²) in [6.45, 7) is 11.8. The van der Waals surface area contributed by atoms with Crippen LogP contribution < -0.4 is 26.3 Å². The summed E-state index contributed by atoms with van der Waals surface area (Å²) < 4.78 is 1.49. The highest BCUT2D eigenvalue weighted by molar-refractivity contribution is 6.05. The van der Waals surface area contributed by atoms with Crippen LogP contribution in [0.4, 0.5) is 17.1 Å². The predicted molar refractivity (Wildman–Crippen MR) is 229 cm³/mol. The van der Waals surface area contributed by atoms with E-state index in [1.165, 1.54) is 10.7 Å². The fraction of sp³-hybridized carbons (Fsp3) is 0.489. The second-order valence-corrected chi connectivity index (χ2v) is 17.5. The fourth-order valence-corrected chi connectivity index (χ4v) is 9.61. The summed E-state index contributed by atoms with van der Waals surface area (Å²) in [6, 6.07) is 14.2. The number of benzene rings is 1. The van der Waals surface area contributed by atoms with Gasteiger partial charge >= 0.3 is 0 Å². The van der Waals surface area contributed by atoms with Gasteiger partial charge in [0.1, 0.15) is 11.8 Å². The number of amides is 3. The van der Waals surface area contributed by atoms with Crippen molar-refractivity contribution in [1.82, 2.24) is 29.7 Å². The maximum Gasteiger partial charge on any atom is 0.274 e. The zero-order valence-electron chi connectivity index (χ0n) is 34.8. The number of aromatic nitrogens is 3. The first-order valence-electron chi connectivity index (χ1n) is 21.3. The van der Waals surface area contributed by atoms with Gasteiger partial charge in [-0.25, -0.2) is 9.51 Å². The average Bonchev–Trinajstić information content (AvgIpc) is 3.67. The molecule has 1 aliphatic carbocycles. The van der Waals surface area contributed by atoms with E-state index < -0.39 is 11.5 Å². The molecule has 8 rings (SSSR count). The number of rotatable bonds is 9. The SMILES string of the molecule is Cc1cc(C2CCC(=O)NC2=O)ncc1N1CCC(N2CCN(C3CCC([NH+]=Cc4cc(NC(=O)c5ccc6cc(C#N)cnn56)c(C(C)(C)O)cc4N)CC3)CC2)CC1. The van der Waals surface area contributed by atoms with Crippen molar-refractivity contribution in [3.63, 3.8) is 0 Å². The quantitative estimate of drug-likeness (QED) is 0.0946. The summed E-state index contributed by atoms with van der Waals surface area (Å²) in [5.74, 6) is -1.21. The van der Waals surface area contributed by atoms with E-state index in [0.29, 0.717) is 64.7 Å². The van der Waals surface area contributed by atoms with Crippen LogP contribution in [0.3, 0.4) is 0 Å². The topological polar surface area (TPSA) is 199 Å². The van der Waals surface area contributed by atoms with Crippen molar-refractivity contribution in [3.8, 4) is 6.07 Å². The van der Waals surface area contributed by atoms with E-state index in [1.54, 1.807) is 44.2 Å². The van der Waals surface area contributed by atoms with Crippen molar-refractivity contribution in [2.24, 2.45) is 0 Å². The second-order valence-electron chi connectivity index (χ2n) is 17.5. The Balaban J connectivity index is 0.815. The van der Waals surface area contributed by atoms with Crippen LogP contribution in [0.15, 0.2) is 48.8 Å². The number of nitrogens with zero attached hydrogens (tertiary/aromatic N) is 7. The molecule has 6 N–H and O–H groups in total. The third-order valence-corrected chi connectivity index (χ3v) is 13.1. The Labute approximate surface area is 350 Å². The number of aliphatic hydroxyl groups is 1. The number of nitrogens with one attached hydrogen (secondary N) is 3. The van der Waals surface area contributed by atoms with E-state index in [4.69, 9.17) is 5.73 Å². The van der Waals surface area contributed by atoms with E-state index in [0.717, 1.165) is 100 Å². The minimum atomic E-state index is -1.26. The van der Waals surface area contributed by atoms with Gasteiger partial charge in [0.2, 0.25) is 11.8 Å². The zero-order chi connectivity index (χ0) is 42.1. The molecule has 1 saturated carbocycles. The van der Waals surface area contributed by atoms with Crippen LogP contribution in [-0.2, 0) is 15.2 Å². The lowest BCUT2D eigenvalue weighted by molar-refractivity contribution is -0.503. The van der Waals surface area contributed by atoms with Gasteiger partial charge in [0, 0.05) is 87.6 Å². The van der Waals surface area contributed by atoms with Crippen molar-refractivity contribution in [2.75, 3.05) is 55.2 Å². The van der Waals surface area contributed by atoms with Crippen molar-refractivity contribution < 1.29 is 24.5 Å². The Kier molecular flexibility index (Phi) is 11.7. The standard InChI is InChI=1S/C45H55N11O4/c1-28-20-38(35-9-11-42(57)52-43(35)58)49-27-41(28)55-14-12-33(13-15-55)54-18-16-53(17-19-54)32-6-4-31(5-7-32)48-26-30-22-39(36(23-37(30)47)45(2,3)60)51-44(59)40-10-8-34-21-29(24-46)25-50-56(34)40/h8,10,20-23,25-27,31-33,35,60H,4-7,9,11-19,47H2,1-3H3,(H,51,59)(H,52,57,58)/p+1. The Morgan fingerprint density at radius 1 is 0.967 bits per heavy atom. The van der Waals surface area contributed by atoms with Crippen molar-refractivity contribution >= 4 is 46.5 Å². The second kappa shape index (κ2) is 17.1. The number of carbonyl (C=O) groups is 3. The molecule has 0 spiro atoms. The van der Waals surface area contributed by atoms with Crippen LogP contribution in [0, 0.1) is 18.3 Å². The van der Waals surface area contributed by atoms with E-state index in [1.807, 2.05) is 18.5 Å². The molecule has 4 aromatic rings. The number of anilines is 3. The van der Waals surface area contributed by atoms with Crippen LogP contribution in [0.5, 0.6) is 0 Å². The molecule has 314 valence electrons. The van der Waals surface area contributed by atoms with Gasteiger partial charge in [-0.05, 0) is 94.8 Å². The molecule has 15 heteroatoms. The van der Waals surface area contributed by atoms with Crippen LogP contribution in [-0.4, -0.2) is 111 Å². The number of hydrogen-bond donors (Lipinski definition) is 5. The third-order valence-electron chi connectivity index (χ3n) is 13.1. The Morgan fingerprint density at radius 2 is 1.67 bits per heavy atom. The number of nitrogens with two attached hydrogens (primary N) is 1. The van der Waals surface area contributed by atoms with Crippen LogP contribution in [0.25, 0.3) is 5.52 Å². The van der Waals surface area contributed by atoms with Crippen molar-refractivity contribution in [1.29, 1.82) is 5.26 Å². The normalized spacial score (nSPS) is 22.6. The number of aryl methyl sites for hydroxylation is 1. The lowest BCUT2D eigenvalue weighted by atomic mass is 9.90. The number of carbonyl (C=O) groups excluding carboxylic acids is 3. The average molecular weight is 815 g/mol. The van der Waals surface area contributed by atoms with E-state index in [9.17, 15) is 24.8 Å². The Bertz CT molecular complexity index is 2340. The summed E-state index contributed by atoms with van der Waals surface area (Å²) in [7, 11) is 0. The minimum Gasteiger partial charge on any atom is -0.398 e. The van der Waals surface area contributed by atoms with Crippen LogP contribution in [0.1, 0.15) is 110 Å². The van der Waals surface area contributed by atoms with Gasteiger partial charge in [-0.1, -0.05) is 0 Å². The van der Waals surface area contributed by atoms with E-state index in [-0.39, 0.29) is 17.7 Å². The van der Waals surface area contributed by atoms with Gasteiger partial charge in [-0.2, -0.15) is 10.4 Å². The number of nitriles is 1. The maximum absolute atomic E-state index is 13.5. The molecule has 0 bridgehead atoms. The van der Waals surface area contributed by atoms with E-state index >= 15 is 0 Å². The highest BCUT2D eigenvalue weighted by Crippen LogP contribution is 2.33. The number of fused-ring (bicyclic) bond motifs is 1.